The SMILES string of the molecule is CNC[C@H]1CCN(C(=O)c2ccc(Oc3ccc(C(N)=O)cc3)cc2)C1. The number of hydrogen-bond donors (Lipinski definition) is 2. The van der Waals surface area contributed by atoms with Crippen molar-refractivity contribution in [2.45, 2.75) is 6.42 Å². The highest BCUT2D eigenvalue weighted by molar-refractivity contribution is 5.94. The Balaban J connectivity index is 1.61. The number of amides is 2. The summed E-state index contributed by atoms with van der Waals surface area (Å²) in [6.07, 6.45) is 1.04. The van der Waals surface area contributed by atoms with Crippen LogP contribution in [0.1, 0.15) is 27.1 Å². The molecular weight excluding hydrogens is 330 g/mol. The van der Waals surface area contributed by atoms with Gasteiger partial charge in [-0.1, -0.05) is 0 Å². The van der Waals surface area contributed by atoms with Gasteiger partial charge in [-0.15, -0.1) is 0 Å². The number of benzene rings is 2. The molecule has 0 aromatic heterocycles. The van der Waals surface area contributed by atoms with Gasteiger partial charge in [-0.25, -0.2) is 0 Å². The van der Waals surface area contributed by atoms with Gasteiger partial charge in [-0.2, -0.15) is 0 Å². The highest BCUT2D eigenvalue weighted by Gasteiger charge is 2.26. The van der Waals surface area contributed by atoms with Crippen molar-refractivity contribution in [2.24, 2.45) is 11.7 Å². The predicted octanol–water partition coefficient (Wildman–Crippen LogP) is 2.26. The minimum atomic E-state index is -0.474. The molecular formula is C20H23N3O3. The molecule has 1 heterocycles. The topological polar surface area (TPSA) is 84.7 Å². The Kier molecular flexibility index (Phi) is 5.53. The van der Waals surface area contributed by atoms with Crippen LogP contribution in [0.15, 0.2) is 48.5 Å². The van der Waals surface area contributed by atoms with Crippen molar-refractivity contribution in [3.63, 3.8) is 0 Å². The third kappa shape index (κ3) is 4.21. The molecule has 1 aliphatic heterocycles. The van der Waals surface area contributed by atoms with Crippen LogP contribution in [-0.4, -0.2) is 43.4 Å². The van der Waals surface area contributed by atoms with Crippen LogP contribution in [0.5, 0.6) is 11.5 Å². The summed E-state index contributed by atoms with van der Waals surface area (Å²) in [5.74, 6) is 1.33. The highest BCUT2D eigenvalue weighted by Crippen LogP contribution is 2.23. The Morgan fingerprint density at radius 3 is 2.19 bits per heavy atom. The van der Waals surface area contributed by atoms with Crippen LogP contribution < -0.4 is 15.8 Å². The maximum absolute atomic E-state index is 12.6. The van der Waals surface area contributed by atoms with Crippen LogP contribution in [0, 0.1) is 5.92 Å². The minimum Gasteiger partial charge on any atom is -0.457 e. The second kappa shape index (κ2) is 8.01. The molecule has 1 fully saturated rings. The molecule has 3 N–H and O–H groups in total. The Labute approximate surface area is 152 Å². The quantitative estimate of drug-likeness (QED) is 0.834. The van der Waals surface area contributed by atoms with Crippen molar-refractivity contribution in [3.05, 3.63) is 59.7 Å². The van der Waals surface area contributed by atoms with E-state index in [2.05, 4.69) is 5.32 Å². The van der Waals surface area contributed by atoms with E-state index in [4.69, 9.17) is 10.5 Å². The van der Waals surface area contributed by atoms with Gasteiger partial charge in [0.05, 0.1) is 0 Å². The van der Waals surface area contributed by atoms with E-state index >= 15 is 0 Å². The van der Waals surface area contributed by atoms with Crippen molar-refractivity contribution in [1.82, 2.24) is 10.2 Å². The van der Waals surface area contributed by atoms with E-state index < -0.39 is 5.91 Å². The molecule has 26 heavy (non-hydrogen) atoms. The van der Waals surface area contributed by atoms with Crippen molar-refractivity contribution in [2.75, 3.05) is 26.7 Å². The summed E-state index contributed by atoms with van der Waals surface area (Å²) < 4.78 is 5.74. The Hall–Kier alpha value is -2.86. The molecule has 6 nitrogen and oxygen atoms in total. The van der Waals surface area contributed by atoms with Crippen molar-refractivity contribution < 1.29 is 14.3 Å². The fourth-order valence-corrected chi connectivity index (χ4v) is 3.14. The second-order valence-corrected chi connectivity index (χ2v) is 6.48. The number of nitrogens with one attached hydrogen (secondary N) is 1. The first kappa shape index (κ1) is 17.9. The normalized spacial score (nSPS) is 16.5. The Morgan fingerprint density at radius 1 is 1.08 bits per heavy atom. The third-order valence-corrected chi connectivity index (χ3v) is 4.54. The lowest BCUT2D eigenvalue weighted by Gasteiger charge is -2.17. The average Bonchev–Trinajstić information content (AvgIpc) is 3.11. The molecule has 0 radical (unpaired) electrons. The third-order valence-electron chi connectivity index (χ3n) is 4.54. The molecule has 1 atom stereocenters. The summed E-state index contributed by atoms with van der Waals surface area (Å²) in [5, 5.41) is 3.17. The number of rotatable bonds is 6. The maximum atomic E-state index is 12.6. The van der Waals surface area contributed by atoms with E-state index in [-0.39, 0.29) is 5.91 Å². The smallest absolute Gasteiger partial charge is 0.253 e. The molecule has 0 saturated carbocycles. The summed E-state index contributed by atoms with van der Waals surface area (Å²) in [6, 6.07) is 13.7. The molecule has 0 spiro atoms. The first-order valence-electron chi connectivity index (χ1n) is 8.68. The number of nitrogens with zero attached hydrogens (tertiary/aromatic N) is 1. The van der Waals surface area contributed by atoms with E-state index in [1.807, 2.05) is 11.9 Å². The van der Waals surface area contributed by atoms with Gasteiger partial charge >= 0.3 is 0 Å². The Bertz CT molecular complexity index is 772. The molecule has 0 aliphatic carbocycles. The molecule has 136 valence electrons. The van der Waals surface area contributed by atoms with Crippen molar-refractivity contribution in [1.29, 1.82) is 0 Å². The standard InChI is InChI=1S/C20H23N3O3/c1-22-12-14-10-11-23(13-14)20(25)16-4-8-18(9-5-16)26-17-6-2-15(3-7-17)19(21)24/h2-9,14,22H,10-13H2,1H3,(H2,21,24)/t14-/m1/s1. The maximum Gasteiger partial charge on any atom is 0.253 e. The number of carbonyl (C=O) groups is 2. The lowest BCUT2D eigenvalue weighted by molar-refractivity contribution is 0.0787. The van der Waals surface area contributed by atoms with Crippen molar-refractivity contribution >= 4 is 11.8 Å². The van der Waals surface area contributed by atoms with Crippen LogP contribution in [-0.2, 0) is 0 Å². The number of carbonyl (C=O) groups excluding carboxylic acids is 2. The molecule has 2 aromatic rings. The van der Waals surface area contributed by atoms with Gasteiger partial charge < -0.3 is 20.7 Å². The zero-order valence-corrected chi connectivity index (χ0v) is 14.8. The summed E-state index contributed by atoms with van der Waals surface area (Å²) in [4.78, 5) is 25.6. The molecule has 3 rings (SSSR count). The van der Waals surface area contributed by atoms with Gasteiger partial charge in [0.1, 0.15) is 11.5 Å². The fourth-order valence-electron chi connectivity index (χ4n) is 3.14. The van der Waals surface area contributed by atoms with E-state index in [1.54, 1.807) is 48.5 Å². The van der Waals surface area contributed by atoms with Gasteiger partial charge in [-0.3, -0.25) is 9.59 Å². The van der Waals surface area contributed by atoms with Gasteiger partial charge in [0, 0.05) is 24.2 Å². The number of ether oxygens (including phenoxy) is 1. The highest BCUT2D eigenvalue weighted by atomic mass is 16.5. The number of primary amides is 1. The Morgan fingerprint density at radius 2 is 1.65 bits per heavy atom. The van der Waals surface area contributed by atoms with Gasteiger partial charge in [0.2, 0.25) is 5.91 Å². The van der Waals surface area contributed by atoms with Crippen LogP contribution in [0.25, 0.3) is 0 Å². The summed E-state index contributed by atoms with van der Waals surface area (Å²) in [5.41, 5.74) is 6.31. The molecule has 0 bridgehead atoms. The zero-order valence-electron chi connectivity index (χ0n) is 14.8. The minimum absolute atomic E-state index is 0.0564. The predicted molar refractivity (Wildman–Crippen MR) is 99.4 cm³/mol. The molecule has 2 aromatic carbocycles. The summed E-state index contributed by atoms with van der Waals surface area (Å²) in [6.45, 7) is 2.53. The van der Waals surface area contributed by atoms with E-state index in [0.29, 0.717) is 28.5 Å². The number of nitrogens with two attached hydrogens (primary N) is 1. The average molecular weight is 353 g/mol. The monoisotopic (exact) mass is 353 g/mol. The largest absolute Gasteiger partial charge is 0.457 e. The first-order chi connectivity index (χ1) is 12.6. The second-order valence-electron chi connectivity index (χ2n) is 6.48. The lowest BCUT2D eigenvalue weighted by Crippen LogP contribution is -2.30. The van der Waals surface area contributed by atoms with E-state index in [1.165, 1.54) is 0 Å². The molecule has 0 unspecified atom stereocenters. The number of likely N-dealkylation sites (tertiary alicyclic amines) is 1. The van der Waals surface area contributed by atoms with Gasteiger partial charge in [0.25, 0.3) is 5.91 Å². The summed E-state index contributed by atoms with van der Waals surface area (Å²) >= 11 is 0. The van der Waals surface area contributed by atoms with Gasteiger partial charge in [-0.05, 0) is 74.5 Å². The molecule has 1 aliphatic rings. The first-order valence-corrected chi connectivity index (χ1v) is 8.68. The zero-order chi connectivity index (χ0) is 18.5. The van der Waals surface area contributed by atoms with Crippen LogP contribution in [0.4, 0.5) is 0 Å². The molecule has 2 amide bonds. The van der Waals surface area contributed by atoms with Crippen LogP contribution >= 0.6 is 0 Å². The van der Waals surface area contributed by atoms with Crippen molar-refractivity contribution in [3.8, 4) is 11.5 Å². The van der Waals surface area contributed by atoms with E-state index in [0.717, 1.165) is 26.1 Å². The molecule has 1 saturated heterocycles. The fraction of sp³-hybridized carbons (Fsp3) is 0.300. The van der Waals surface area contributed by atoms with Crippen LogP contribution in [0.2, 0.25) is 0 Å². The number of hydrogen-bond acceptors (Lipinski definition) is 4. The van der Waals surface area contributed by atoms with E-state index in [9.17, 15) is 9.59 Å². The van der Waals surface area contributed by atoms with Crippen LogP contribution in [0.3, 0.4) is 0 Å². The lowest BCUT2D eigenvalue weighted by atomic mass is 10.1. The molecule has 6 heteroatoms. The van der Waals surface area contributed by atoms with Gasteiger partial charge in [0.15, 0.2) is 0 Å². The summed E-state index contributed by atoms with van der Waals surface area (Å²) in [7, 11) is 1.94.